The van der Waals surface area contributed by atoms with Crippen LogP contribution in [0.25, 0.3) is 0 Å². The minimum absolute atomic E-state index is 0.0957. The highest BCUT2D eigenvalue weighted by Crippen LogP contribution is 2.28. The fourth-order valence-corrected chi connectivity index (χ4v) is 1.30. The van der Waals surface area contributed by atoms with E-state index < -0.39 is 12.8 Å². The molecule has 2 N–H and O–H groups in total. The molecule has 0 aromatic carbocycles. The van der Waals surface area contributed by atoms with Crippen LogP contribution in [0.4, 0.5) is 24.8 Å². The third-order valence-corrected chi connectivity index (χ3v) is 2.05. The molecule has 0 amide bonds. The van der Waals surface area contributed by atoms with Crippen molar-refractivity contribution in [2.45, 2.75) is 6.18 Å². The largest absolute Gasteiger partial charge is 0.490 e. The van der Waals surface area contributed by atoms with Crippen molar-refractivity contribution < 1.29 is 22.6 Å². The maximum atomic E-state index is 11.8. The normalized spacial score (nSPS) is 11.2. The summed E-state index contributed by atoms with van der Waals surface area (Å²) in [7, 11) is 3.12. The predicted molar refractivity (Wildman–Crippen MR) is 63.5 cm³/mol. The van der Waals surface area contributed by atoms with E-state index in [1.807, 2.05) is 0 Å². The van der Waals surface area contributed by atoms with Crippen LogP contribution in [0.1, 0.15) is 0 Å². The van der Waals surface area contributed by atoms with Crippen LogP contribution in [0.15, 0.2) is 6.33 Å². The molecule has 0 unspecified atom stereocenters. The average molecular weight is 280 g/mol. The number of hydrogen-bond acceptors (Lipinski definition) is 6. The first kappa shape index (κ1) is 15.3. The molecule has 0 bridgehead atoms. The molecule has 0 aliphatic rings. The number of nitrogens with zero attached hydrogens (tertiary/aromatic N) is 2. The highest BCUT2D eigenvalue weighted by molar-refractivity contribution is 5.63. The van der Waals surface area contributed by atoms with Gasteiger partial charge in [-0.15, -0.1) is 0 Å². The van der Waals surface area contributed by atoms with Gasteiger partial charge in [-0.05, 0) is 0 Å². The molecule has 1 aromatic rings. The van der Waals surface area contributed by atoms with Gasteiger partial charge in [-0.2, -0.15) is 13.2 Å². The Morgan fingerprint density at radius 1 is 1.26 bits per heavy atom. The molecular formula is C10H15F3N4O2. The molecule has 0 saturated carbocycles. The Balaban J connectivity index is 2.45. The molecule has 6 nitrogen and oxygen atoms in total. The van der Waals surface area contributed by atoms with Gasteiger partial charge < -0.3 is 20.1 Å². The predicted octanol–water partition coefficient (Wildman–Crippen LogP) is 1.52. The molecule has 9 heteroatoms. The number of rotatable bonds is 7. The lowest BCUT2D eigenvalue weighted by atomic mass is 10.4. The van der Waals surface area contributed by atoms with Gasteiger partial charge in [0.2, 0.25) is 5.75 Å². The second-order valence-corrected chi connectivity index (χ2v) is 3.45. The Labute approximate surface area is 108 Å². The molecule has 0 spiro atoms. The molecule has 0 atom stereocenters. The van der Waals surface area contributed by atoms with Crippen molar-refractivity contribution in [3.05, 3.63) is 6.33 Å². The standard InChI is InChI=1S/C10H15F3N4O2/c1-14-8-7(18-2)9(17-6-16-8)15-3-4-19-5-10(11,12)13/h6H,3-5H2,1-2H3,(H2,14,15,16,17). The smallest absolute Gasteiger partial charge is 0.411 e. The Morgan fingerprint density at radius 2 is 1.95 bits per heavy atom. The molecule has 0 radical (unpaired) electrons. The van der Waals surface area contributed by atoms with Gasteiger partial charge in [0, 0.05) is 13.6 Å². The molecule has 0 aliphatic heterocycles. The van der Waals surface area contributed by atoms with Crippen molar-refractivity contribution in [3.8, 4) is 5.75 Å². The van der Waals surface area contributed by atoms with Crippen LogP contribution in [0, 0.1) is 0 Å². The maximum Gasteiger partial charge on any atom is 0.411 e. The summed E-state index contributed by atoms with van der Waals surface area (Å²) in [6.45, 7) is -1.19. The zero-order chi connectivity index (χ0) is 14.3. The van der Waals surface area contributed by atoms with Crippen LogP contribution in [-0.4, -0.2) is 50.1 Å². The molecule has 1 rings (SSSR count). The van der Waals surface area contributed by atoms with Crippen molar-refractivity contribution in [1.29, 1.82) is 0 Å². The van der Waals surface area contributed by atoms with Crippen LogP contribution < -0.4 is 15.4 Å². The molecule has 1 heterocycles. The Kier molecular flexibility index (Phi) is 5.61. The lowest BCUT2D eigenvalue weighted by molar-refractivity contribution is -0.172. The van der Waals surface area contributed by atoms with Gasteiger partial charge in [-0.25, -0.2) is 9.97 Å². The summed E-state index contributed by atoms with van der Waals surface area (Å²) in [4.78, 5) is 7.88. The molecule has 19 heavy (non-hydrogen) atoms. The summed E-state index contributed by atoms with van der Waals surface area (Å²) in [6, 6.07) is 0. The number of ether oxygens (including phenoxy) is 2. The summed E-state index contributed by atoms with van der Waals surface area (Å²) < 4.78 is 45.1. The van der Waals surface area contributed by atoms with Crippen LogP contribution in [0.3, 0.4) is 0 Å². The Bertz CT molecular complexity index is 401. The number of halogens is 3. The minimum atomic E-state index is -4.31. The van der Waals surface area contributed by atoms with Gasteiger partial charge in [-0.3, -0.25) is 0 Å². The van der Waals surface area contributed by atoms with Crippen molar-refractivity contribution >= 4 is 11.6 Å². The van der Waals surface area contributed by atoms with E-state index in [0.29, 0.717) is 17.4 Å². The molecule has 1 aromatic heterocycles. The van der Waals surface area contributed by atoms with Crippen LogP contribution in [0.2, 0.25) is 0 Å². The second-order valence-electron chi connectivity index (χ2n) is 3.45. The minimum Gasteiger partial charge on any atom is -0.490 e. The third-order valence-electron chi connectivity index (χ3n) is 2.05. The third kappa shape index (κ3) is 5.16. The van der Waals surface area contributed by atoms with Gasteiger partial charge in [-0.1, -0.05) is 0 Å². The highest BCUT2D eigenvalue weighted by atomic mass is 19.4. The van der Waals surface area contributed by atoms with Gasteiger partial charge in [0.25, 0.3) is 0 Å². The fourth-order valence-electron chi connectivity index (χ4n) is 1.30. The van der Waals surface area contributed by atoms with Gasteiger partial charge in [0.05, 0.1) is 13.7 Å². The summed E-state index contributed by atoms with van der Waals surface area (Å²) in [6.07, 6.45) is -3.00. The summed E-state index contributed by atoms with van der Waals surface area (Å²) in [5.74, 6) is 1.26. The van der Waals surface area contributed by atoms with E-state index in [9.17, 15) is 13.2 Å². The van der Waals surface area contributed by atoms with Crippen molar-refractivity contribution in [1.82, 2.24) is 9.97 Å². The molecule has 0 fully saturated rings. The van der Waals surface area contributed by atoms with E-state index in [2.05, 4.69) is 25.3 Å². The molecular weight excluding hydrogens is 265 g/mol. The zero-order valence-corrected chi connectivity index (χ0v) is 10.5. The van der Waals surface area contributed by atoms with Gasteiger partial charge >= 0.3 is 6.18 Å². The van der Waals surface area contributed by atoms with Crippen molar-refractivity contribution in [3.63, 3.8) is 0 Å². The van der Waals surface area contributed by atoms with E-state index in [0.717, 1.165) is 0 Å². The Hall–Kier alpha value is -1.77. The van der Waals surface area contributed by atoms with E-state index in [4.69, 9.17) is 4.74 Å². The Morgan fingerprint density at radius 3 is 2.53 bits per heavy atom. The number of hydrogen-bond donors (Lipinski definition) is 2. The maximum absolute atomic E-state index is 11.8. The fraction of sp³-hybridized carbons (Fsp3) is 0.600. The highest BCUT2D eigenvalue weighted by Gasteiger charge is 2.27. The van der Waals surface area contributed by atoms with Crippen LogP contribution >= 0.6 is 0 Å². The number of methoxy groups -OCH3 is 1. The van der Waals surface area contributed by atoms with E-state index in [-0.39, 0.29) is 13.2 Å². The first-order valence-electron chi connectivity index (χ1n) is 5.43. The first-order chi connectivity index (χ1) is 8.98. The molecule has 108 valence electrons. The SMILES string of the molecule is CNc1ncnc(NCCOCC(F)(F)F)c1OC. The zero-order valence-electron chi connectivity index (χ0n) is 10.5. The first-order valence-corrected chi connectivity index (χ1v) is 5.43. The van der Waals surface area contributed by atoms with E-state index in [1.54, 1.807) is 7.05 Å². The second kappa shape index (κ2) is 6.98. The van der Waals surface area contributed by atoms with Crippen molar-refractivity contribution in [2.24, 2.45) is 0 Å². The quantitative estimate of drug-likeness (QED) is 0.738. The summed E-state index contributed by atoms with van der Waals surface area (Å²) in [5, 5.41) is 5.63. The monoisotopic (exact) mass is 280 g/mol. The van der Waals surface area contributed by atoms with Gasteiger partial charge in [0.1, 0.15) is 12.9 Å². The topological polar surface area (TPSA) is 68.3 Å². The van der Waals surface area contributed by atoms with E-state index >= 15 is 0 Å². The summed E-state index contributed by atoms with van der Waals surface area (Å²) in [5.41, 5.74) is 0. The van der Waals surface area contributed by atoms with Crippen LogP contribution in [0.5, 0.6) is 5.75 Å². The summed E-state index contributed by atoms with van der Waals surface area (Å²) >= 11 is 0. The van der Waals surface area contributed by atoms with E-state index in [1.165, 1.54) is 13.4 Å². The number of aromatic nitrogens is 2. The molecule has 0 aliphatic carbocycles. The van der Waals surface area contributed by atoms with Crippen molar-refractivity contribution in [2.75, 3.05) is 44.5 Å². The van der Waals surface area contributed by atoms with Gasteiger partial charge in [0.15, 0.2) is 11.6 Å². The number of anilines is 2. The number of nitrogens with one attached hydrogen (secondary N) is 2. The molecule has 0 saturated heterocycles. The van der Waals surface area contributed by atoms with Crippen LogP contribution in [-0.2, 0) is 4.74 Å². The number of alkyl halides is 3. The lowest BCUT2D eigenvalue weighted by Gasteiger charge is -2.13. The average Bonchev–Trinajstić information content (AvgIpc) is 2.36. The lowest BCUT2D eigenvalue weighted by Crippen LogP contribution is -2.20.